The predicted octanol–water partition coefficient (Wildman–Crippen LogP) is 0.258. The van der Waals surface area contributed by atoms with Gasteiger partial charge in [0.1, 0.15) is 5.60 Å². The molecule has 0 aromatic heterocycles. The molecule has 8 heteroatoms. The van der Waals surface area contributed by atoms with Crippen LogP contribution in [0, 0.1) is 5.92 Å². The molecule has 1 rings (SSSR count). The summed E-state index contributed by atoms with van der Waals surface area (Å²) in [5.74, 6) is -2.02. The fourth-order valence-corrected chi connectivity index (χ4v) is 2.61. The summed E-state index contributed by atoms with van der Waals surface area (Å²) in [6, 6.07) is 0. The normalized spacial score (nSPS) is 19.0. The van der Waals surface area contributed by atoms with E-state index in [0.717, 1.165) is 0 Å². The van der Waals surface area contributed by atoms with E-state index in [2.05, 4.69) is 0 Å². The third-order valence-corrected chi connectivity index (χ3v) is 3.85. The lowest BCUT2D eigenvalue weighted by Gasteiger charge is -2.43. The Labute approximate surface area is 142 Å². The molecule has 0 aromatic rings. The topological polar surface area (TPSA) is 113 Å². The van der Waals surface area contributed by atoms with Crippen LogP contribution in [0.5, 0.6) is 0 Å². The van der Waals surface area contributed by atoms with Crippen LogP contribution in [0.4, 0.5) is 0 Å². The van der Waals surface area contributed by atoms with Gasteiger partial charge in [-0.25, -0.2) is 4.79 Å². The van der Waals surface area contributed by atoms with Gasteiger partial charge in [-0.15, -0.1) is 0 Å². The van der Waals surface area contributed by atoms with Crippen molar-refractivity contribution in [2.24, 2.45) is 11.7 Å². The van der Waals surface area contributed by atoms with E-state index in [9.17, 15) is 19.5 Å². The molecule has 3 N–H and O–H groups in total. The third kappa shape index (κ3) is 5.17. The van der Waals surface area contributed by atoms with Gasteiger partial charge in [0.15, 0.2) is 5.66 Å². The van der Waals surface area contributed by atoms with Crippen LogP contribution in [-0.2, 0) is 19.1 Å². The number of amides is 1. The van der Waals surface area contributed by atoms with Crippen molar-refractivity contribution >= 4 is 17.8 Å². The van der Waals surface area contributed by atoms with Crippen molar-refractivity contribution in [1.82, 2.24) is 9.80 Å². The number of hydrogen-bond donors (Lipinski definition) is 2. The van der Waals surface area contributed by atoms with E-state index >= 15 is 0 Å². The Morgan fingerprint density at radius 1 is 1.12 bits per heavy atom. The number of nitrogens with zero attached hydrogens (tertiary/aromatic N) is 2. The van der Waals surface area contributed by atoms with Crippen LogP contribution in [0.1, 0.15) is 41.0 Å². The molecule has 1 amide bonds. The van der Waals surface area contributed by atoms with Gasteiger partial charge < -0.3 is 20.5 Å². The molecule has 1 aliphatic rings. The van der Waals surface area contributed by atoms with Crippen LogP contribution in [0.15, 0.2) is 0 Å². The average Bonchev–Trinajstić information content (AvgIpc) is 2.44. The molecule has 24 heavy (non-hydrogen) atoms. The van der Waals surface area contributed by atoms with Crippen LogP contribution < -0.4 is 5.73 Å². The van der Waals surface area contributed by atoms with E-state index in [1.807, 2.05) is 13.8 Å². The van der Waals surface area contributed by atoms with Gasteiger partial charge >= 0.3 is 11.9 Å². The summed E-state index contributed by atoms with van der Waals surface area (Å²) < 4.78 is 5.19. The minimum Gasteiger partial charge on any atom is -0.479 e. The number of carbonyl (C=O) groups excluding carboxylic acids is 2. The van der Waals surface area contributed by atoms with Gasteiger partial charge in [0.05, 0.1) is 6.42 Å². The maximum absolute atomic E-state index is 12.0. The lowest BCUT2D eigenvalue weighted by atomic mass is 10.0. The van der Waals surface area contributed by atoms with Crippen molar-refractivity contribution in [2.75, 3.05) is 26.2 Å². The summed E-state index contributed by atoms with van der Waals surface area (Å²) in [4.78, 5) is 38.9. The van der Waals surface area contributed by atoms with Crippen molar-refractivity contribution in [2.45, 2.75) is 52.3 Å². The number of piperazine rings is 1. The lowest BCUT2D eigenvalue weighted by molar-refractivity contribution is -0.168. The standard InChI is InChI=1S/C16H29N3O5/c1-11(2)13(21)18-6-8-19(9-7-18)16(17,14(22)23)10-12(20)24-15(3,4)5/h11H,6-10,17H2,1-5H3,(H,22,23). The quantitative estimate of drug-likeness (QED) is 0.688. The van der Waals surface area contributed by atoms with Gasteiger partial charge in [-0.3, -0.25) is 14.5 Å². The van der Waals surface area contributed by atoms with Gasteiger partial charge in [-0.05, 0) is 20.8 Å². The van der Waals surface area contributed by atoms with Crippen molar-refractivity contribution in [1.29, 1.82) is 0 Å². The number of carboxylic acid groups (broad SMARTS) is 1. The Balaban J connectivity index is 2.77. The molecule has 0 saturated carbocycles. The smallest absolute Gasteiger partial charge is 0.339 e. The second-order valence-electron chi connectivity index (χ2n) is 7.46. The average molecular weight is 343 g/mol. The Bertz CT molecular complexity index is 492. The number of hydrogen-bond acceptors (Lipinski definition) is 6. The molecule has 0 aliphatic carbocycles. The maximum atomic E-state index is 12.0. The highest BCUT2D eigenvalue weighted by Crippen LogP contribution is 2.20. The van der Waals surface area contributed by atoms with Gasteiger partial charge in [-0.2, -0.15) is 0 Å². The van der Waals surface area contributed by atoms with Gasteiger partial charge in [0.25, 0.3) is 0 Å². The number of rotatable bonds is 5. The molecule has 8 nitrogen and oxygen atoms in total. The Hall–Kier alpha value is -1.67. The first-order chi connectivity index (χ1) is 10.9. The number of carboxylic acids is 1. The van der Waals surface area contributed by atoms with Crippen molar-refractivity contribution in [3.05, 3.63) is 0 Å². The molecule has 1 atom stereocenters. The van der Waals surface area contributed by atoms with Crippen LogP contribution >= 0.6 is 0 Å². The van der Waals surface area contributed by atoms with E-state index in [4.69, 9.17) is 10.5 Å². The predicted molar refractivity (Wildman–Crippen MR) is 88.0 cm³/mol. The van der Waals surface area contributed by atoms with Crippen molar-refractivity contribution in [3.8, 4) is 0 Å². The fourth-order valence-electron chi connectivity index (χ4n) is 2.61. The number of aliphatic carboxylic acids is 1. The molecule has 1 fully saturated rings. The van der Waals surface area contributed by atoms with Crippen LogP contribution in [-0.4, -0.2) is 70.2 Å². The Morgan fingerprint density at radius 3 is 2.00 bits per heavy atom. The number of ether oxygens (including phenoxy) is 1. The zero-order valence-electron chi connectivity index (χ0n) is 15.2. The van der Waals surface area contributed by atoms with Crippen LogP contribution in [0.2, 0.25) is 0 Å². The molecule has 0 spiro atoms. The zero-order chi connectivity index (χ0) is 18.7. The van der Waals surface area contributed by atoms with Crippen LogP contribution in [0.25, 0.3) is 0 Å². The first-order valence-electron chi connectivity index (χ1n) is 8.15. The number of carbonyl (C=O) groups is 3. The Morgan fingerprint density at radius 2 is 1.62 bits per heavy atom. The molecular weight excluding hydrogens is 314 g/mol. The molecule has 0 bridgehead atoms. The van der Waals surface area contributed by atoms with E-state index in [0.29, 0.717) is 26.2 Å². The SMILES string of the molecule is CC(C)C(=O)N1CCN(C(N)(CC(=O)OC(C)(C)C)C(=O)O)CC1. The highest BCUT2D eigenvalue weighted by molar-refractivity contribution is 5.85. The first kappa shape index (κ1) is 20.4. The van der Waals surface area contributed by atoms with Gasteiger partial charge in [0.2, 0.25) is 5.91 Å². The second kappa shape index (κ2) is 7.48. The summed E-state index contributed by atoms with van der Waals surface area (Å²) in [5.41, 5.74) is 3.49. The summed E-state index contributed by atoms with van der Waals surface area (Å²) in [6.07, 6.45) is -0.447. The Kier molecular flexibility index (Phi) is 6.35. The van der Waals surface area contributed by atoms with E-state index in [1.165, 1.54) is 4.90 Å². The van der Waals surface area contributed by atoms with E-state index in [-0.39, 0.29) is 11.8 Å². The molecule has 1 unspecified atom stereocenters. The van der Waals surface area contributed by atoms with E-state index in [1.54, 1.807) is 25.7 Å². The highest BCUT2D eigenvalue weighted by Gasteiger charge is 2.45. The largest absolute Gasteiger partial charge is 0.479 e. The summed E-state index contributed by atoms with van der Waals surface area (Å²) in [5, 5.41) is 9.54. The monoisotopic (exact) mass is 343 g/mol. The van der Waals surface area contributed by atoms with Gasteiger partial charge in [-0.1, -0.05) is 13.8 Å². The molecule has 1 saturated heterocycles. The third-order valence-electron chi connectivity index (χ3n) is 3.85. The van der Waals surface area contributed by atoms with Crippen molar-refractivity contribution < 1.29 is 24.2 Å². The fraction of sp³-hybridized carbons (Fsp3) is 0.812. The second-order valence-corrected chi connectivity index (χ2v) is 7.46. The highest BCUT2D eigenvalue weighted by atomic mass is 16.6. The molecule has 0 aromatic carbocycles. The first-order valence-corrected chi connectivity index (χ1v) is 8.15. The minimum absolute atomic E-state index is 0.0275. The lowest BCUT2D eigenvalue weighted by Crippen LogP contribution is -2.67. The number of nitrogens with two attached hydrogens (primary N) is 1. The molecular formula is C16H29N3O5. The van der Waals surface area contributed by atoms with Crippen molar-refractivity contribution in [3.63, 3.8) is 0 Å². The van der Waals surface area contributed by atoms with Gasteiger partial charge in [0, 0.05) is 32.1 Å². The molecule has 0 radical (unpaired) electrons. The maximum Gasteiger partial charge on any atom is 0.339 e. The minimum atomic E-state index is -1.84. The molecule has 1 heterocycles. The van der Waals surface area contributed by atoms with E-state index < -0.39 is 29.6 Å². The number of esters is 1. The molecule has 138 valence electrons. The van der Waals surface area contributed by atoms with Crippen LogP contribution in [0.3, 0.4) is 0 Å². The zero-order valence-corrected chi connectivity index (χ0v) is 15.2. The summed E-state index contributed by atoms with van der Waals surface area (Å²) in [7, 11) is 0. The summed E-state index contributed by atoms with van der Waals surface area (Å²) >= 11 is 0. The molecule has 1 aliphatic heterocycles. The summed E-state index contributed by atoms with van der Waals surface area (Å²) in [6.45, 7) is 10.1.